The molecule has 4 nitrogen and oxygen atoms in total. The van der Waals surface area contributed by atoms with Gasteiger partial charge in [0.1, 0.15) is 0 Å². The number of benzene rings is 2. The normalized spacial score (nSPS) is 14.9. The van der Waals surface area contributed by atoms with Gasteiger partial charge in [-0.1, -0.05) is 19.1 Å². The van der Waals surface area contributed by atoms with Gasteiger partial charge in [-0.05, 0) is 48.4 Å². The SMILES string of the molecule is CCc1ccc(C(=O)N2CCN(C(=O)c3ccc(C(F)(F)F)cc3)CC2)cc1. The molecular formula is C21H21F3N2O2. The molecule has 2 amide bonds. The molecule has 28 heavy (non-hydrogen) atoms. The lowest BCUT2D eigenvalue weighted by Crippen LogP contribution is -2.50. The minimum atomic E-state index is -4.43. The largest absolute Gasteiger partial charge is 0.416 e. The van der Waals surface area contributed by atoms with Crippen LogP contribution in [-0.2, 0) is 12.6 Å². The van der Waals surface area contributed by atoms with Gasteiger partial charge >= 0.3 is 6.18 Å². The lowest BCUT2D eigenvalue weighted by Gasteiger charge is -2.35. The maximum absolute atomic E-state index is 12.6. The molecule has 3 rings (SSSR count). The molecule has 1 fully saturated rings. The summed E-state index contributed by atoms with van der Waals surface area (Å²) in [6.45, 7) is 3.52. The van der Waals surface area contributed by atoms with Crippen molar-refractivity contribution in [3.63, 3.8) is 0 Å². The fraction of sp³-hybridized carbons (Fsp3) is 0.333. The molecule has 0 N–H and O–H groups in total. The monoisotopic (exact) mass is 390 g/mol. The molecule has 148 valence electrons. The first-order valence-electron chi connectivity index (χ1n) is 9.14. The Labute approximate surface area is 161 Å². The predicted molar refractivity (Wildman–Crippen MR) is 99.1 cm³/mol. The maximum atomic E-state index is 12.6. The zero-order chi connectivity index (χ0) is 20.3. The Morgan fingerprint density at radius 1 is 0.786 bits per heavy atom. The highest BCUT2D eigenvalue weighted by Gasteiger charge is 2.31. The standard InChI is InChI=1S/C21H21F3N2O2/c1-2-15-3-5-16(6-4-15)19(27)25-11-13-26(14-12-25)20(28)17-7-9-18(10-8-17)21(22,23)24/h3-10H,2,11-14H2,1H3. The number of piperazine rings is 1. The molecule has 0 saturated carbocycles. The highest BCUT2D eigenvalue weighted by Crippen LogP contribution is 2.29. The second-order valence-corrected chi connectivity index (χ2v) is 6.71. The van der Waals surface area contributed by atoms with E-state index >= 15 is 0 Å². The van der Waals surface area contributed by atoms with Crippen LogP contribution in [-0.4, -0.2) is 47.8 Å². The van der Waals surface area contributed by atoms with Gasteiger partial charge < -0.3 is 9.80 Å². The summed E-state index contributed by atoms with van der Waals surface area (Å²) in [6, 6.07) is 11.7. The van der Waals surface area contributed by atoms with E-state index < -0.39 is 11.7 Å². The first-order valence-corrected chi connectivity index (χ1v) is 9.14. The average molecular weight is 390 g/mol. The molecule has 1 aliphatic rings. The molecule has 0 spiro atoms. The summed E-state index contributed by atoms with van der Waals surface area (Å²) in [5, 5.41) is 0. The number of hydrogen-bond acceptors (Lipinski definition) is 2. The third-order valence-electron chi connectivity index (χ3n) is 4.92. The van der Waals surface area contributed by atoms with Crippen LogP contribution in [0.25, 0.3) is 0 Å². The lowest BCUT2D eigenvalue weighted by atomic mass is 10.1. The van der Waals surface area contributed by atoms with Crippen LogP contribution in [0.3, 0.4) is 0 Å². The zero-order valence-corrected chi connectivity index (χ0v) is 15.5. The lowest BCUT2D eigenvalue weighted by molar-refractivity contribution is -0.137. The number of rotatable bonds is 3. The van der Waals surface area contributed by atoms with Gasteiger partial charge in [-0.3, -0.25) is 9.59 Å². The summed E-state index contributed by atoms with van der Waals surface area (Å²) >= 11 is 0. The van der Waals surface area contributed by atoms with Crippen molar-refractivity contribution in [1.82, 2.24) is 9.80 Å². The highest BCUT2D eigenvalue weighted by molar-refractivity contribution is 5.96. The molecule has 0 atom stereocenters. The minimum Gasteiger partial charge on any atom is -0.335 e. The number of carbonyl (C=O) groups excluding carboxylic acids is 2. The Morgan fingerprint density at radius 2 is 1.18 bits per heavy atom. The number of hydrogen-bond donors (Lipinski definition) is 0. The Bertz CT molecular complexity index is 837. The number of halogens is 3. The minimum absolute atomic E-state index is 0.0794. The van der Waals surface area contributed by atoms with E-state index in [0.29, 0.717) is 31.7 Å². The van der Waals surface area contributed by atoms with Crippen LogP contribution in [0.5, 0.6) is 0 Å². The molecule has 0 unspecified atom stereocenters. The molecule has 2 aromatic rings. The summed E-state index contributed by atoms with van der Waals surface area (Å²) in [5.41, 5.74) is 1.19. The van der Waals surface area contributed by atoms with E-state index in [1.165, 1.54) is 12.1 Å². The molecule has 1 aliphatic heterocycles. The molecule has 0 aliphatic carbocycles. The average Bonchev–Trinajstić information content (AvgIpc) is 2.72. The van der Waals surface area contributed by atoms with E-state index in [2.05, 4.69) is 0 Å². The van der Waals surface area contributed by atoms with Crippen molar-refractivity contribution in [3.8, 4) is 0 Å². The Hall–Kier alpha value is -2.83. The molecule has 0 radical (unpaired) electrons. The zero-order valence-electron chi connectivity index (χ0n) is 15.5. The molecule has 0 aromatic heterocycles. The van der Waals surface area contributed by atoms with Crippen molar-refractivity contribution in [3.05, 3.63) is 70.8 Å². The van der Waals surface area contributed by atoms with E-state index in [4.69, 9.17) is 0 Å². The van der Waals surface area contributed by atoms with Crippen LogP contribution in [0.1, 0.15) is 38.8 Å². The molecule has 7 heteroatoms. The second kappa shape index (κ2) is 8.04. The van der Waals surface area contributed by atoms with Crippen LogP contribution in [0, 0.1) is 0 Å². The fourth-order valence-corrected chi connectivity index (χ4v) is 3.16. The van der Waals surface area contributed by atoms with E-state index in [1.54, 1.807) is 21.9 Å². The summed E-state index contributed by atoms with van der Waals surface area (Å²) < 4.78 is 37.9. The van der Waals surface area contributed by atoms with Crippen molar-refractivity contribution in [2.45, 2.75) is 19.5 Å². The Balaban J connectivity index is 1.59. The molecular weight excluding hydrogens is 369 g/mol. The first kappa shape index (κ1) is 19.9. The predicted octanol–water partition coefficient (Wildman–Crippen LogP) is 3.87. The van der Waals surface area contributed by atoms with Crippen molar-refractivity contribution < 1.29 is 22.8 Å². The van der Waals surface area contributed by atoms with Crippen LogP contribution < -0.4 is 0 Å². The van der Waals surface area contributed by atoms with Gasteiger partial charge in [0.15, 0.2) is 0 Å². The Morgan fingerprint density at radius 3 is 1.54 bits per heavy atom. The van der Waals surface area contributed by atoms with E-state index in [9.17, 15) is 22.8 Å². The summed E-state index contributed by atoms with van der Waals surface area (Å²) in [5.74, 6) is -0.405. The van der Waals surface area contributed by atoms with Crippen molar-refractivity contribution in [1.29, 1.82) is 0 Å². The van der Waals surface area contributed by atoms with Gasteiger partial charge in [0.2, 0.25) is 0 Å². The van der Waals surface area contributed by atoms with Gasteiger partial charge in [0.05, 0.1) is 5.56 Å². The van der Waals surface area contributed by atoms with Crippen LogP contribution >= 0.6 is 0 Å². The third-order valence-corrected chi connectivity index (χ3v) is 4.92. The third kappa shape index (κ3) is 4.35. The number of aryl methyl sites for hydroxylation is 1. The van der Waals surface area contributed by atoms with Crippen LogP contribution in [0.4, 0.5) is 13.2 Å². The number of amides is 2. The Kier molecular flexibility index (Phi) is 5.72. The van der Waals surface area contributed by atoms with Crippen molar-refractivity contribution >= 4 is 11.8 Å². The van der Waals surface area contributed by atoms with Crippen molar-refractivity contribution in [2.24, 2.45) is 0 Å². The van der Waals surface area contributed by atoms with Gasteiger partial charge in [-0.2, -0.15) is 13.2 Å². The number of alkyl halides is 3. The highest BCUT2D eigenvalue weighted by atomic mass is 19.4. The van der Waals surface area contributed by atoms with Crippen LogP contribution in [0.2, 0.25) is 0 Å². The van der Waals surface area contributed by atoms with Gasteiger partial charge in [0, 0.05) is 37.3 Å². The van der Waals surface area contributed by atoms with E-state index in [1.807, 2.05) is 19.1 Å². The second-order valence-electron chi connectivity index (χ2n) is 6.71. The topological polar surface area (TPSA) is 40.6 Å². The van der Waals surface area contributed by atoms with Crippen LogP contribution in [0.15, 0.2) is 48.5 Å². The summed E-state index contributed by atoms with van der Waals surface area (Å²) in [7, 11) is 0. The van der Waals surface area contributed by atoms with E-state index in [-0.39, 0.29) is 17.4 Å². The van der Waals surface area contributed by atoms with Gasteiger partial charge in [-0.25, -0.2) is 0 Å². The van der Waals surface area contributed by atoms with Gasteiger partial charge in [-0.15, -0.1) is 0 Å². The van der Waals surface area contributed by atoms with Gasteiger partial charge in [0.25, 0.3) is 11.8 Å². The molecule has 0 bridgehead atoms. The fourth-order valence-electron chi connectivity index (χ4n) is 3.16. The number of nitrogens with zero attached hydrogens (tertiary/aromatic N) is 2. The van der Waals surface area contributed by atoms with E-state index in [0.717, 1.165) is 24.1 Å². The quantitative estimate of drug-likeness (QED) is 0.798. The molecule has 2 aromatic carbocycles. The maximum Gasteiger partial charge on any atom is 0.416 e. The first-order chi connectivity index (χ1) is 13.3. The summed E-state index contributed by atoms with van der Waals surface area (Å²) in [6.07, 6.45) is -3.53. The molecule has 1 saturated heterocycles. The number of carbonyl (C=O) groups is 2. The van der Waals surface area contributed by atoms with Crippen molar-refractivity contribution in [2.75, 3.05) is 26.2 Å². The summed E-state index contributed by atoms with van der Waals surface area (Å²) in [4.78, 5) is 28.4. The molecule has 1 heterocycles. The smallest absolute Gasteiger partial charge is 0.335 e.